The third-order valence-corrected chi connectivity index (χ3v) is 4.45. The summed E-state index contributed by atoms with van der Waals surface area (Å²) in [6.45, 7) is 10.3. The van der Waals surface area contributed by atoms with E-state index in [2.05, 4.69) is 34.4 Å². The number of rotatable bonds is 6. The zero-order valence-electron chi connectivity index (χ0n) is 14.0. The zero-order chi connectivity index (χ0) is 15.8. The summed E-state index contributed by atoms with van der Waals surface area (Å²) in [5.74, 6) is 1.58. The minimum atomic E-state index is 0. The number of likely N-dealkylation sites (tertiary alicyclic amines) is 1. The lowest BCUT2D eigenvalue weighted by Gasteiger charge is -2.16. The Labute approximate surface area is 162 Å². The van der Waals surface area contributed by atoms with Gasteiger partial charge in [0.15, 0.2) is 5.96 Å². The molecule has 0 amide bonds. The van der Waals surface area contributed by atoms with Crippen LogP contribution in [-0.4, -0.2) is 43.6 Å². The molecule has 1 saturated heterocycles. The Bertz CT molecular complexity index is 495. The van der Waals surface area contributed by atoms with Gasteiger partial charge in [-0.2, -0.15) is 0 Å². The number of nitrogens with one attached hydrogen (secondary N) is 2. The lowest BCUT2D eigenvalue weighted by Crippen LogP contribution is -2.40. The summed E-state index contributed by atoms with van der Waals surface area (Å²) in [5.41, 5.74) is 1.05. The number of hydrogen-bond acceptors (Lipinski definition) is 2. The Hall–Kier alpha value is -0.530. The molecule has 0 spiro atoms. The van der Waals surface area contributed by atoms with E-state index >= 15 is 0 Å². The third-order valence-electron chi connectivity index (χ3n) is 4.08. The molecule has 0 aliphatic carbocycles. The molecule has 0 saturated carbocycles. The second-order valence-electron chi connectivity index (χ2n) is 5.72. The van der Waals surface area contributed by atoms with Crippen LogP contribution in [0.25, 0.3) is 0 Å². The first-order valence-electron chi connectivity index (χ1n) is 8.20. The minimum Gasteiger partial charge on any atom is -0.357 e. The van der Waals surface area contributed by atoms with Gasteiger partial charge in [-0.1, -0.05) is 36.7 Å². The predicted octanol–water partition coefficient (Wildman–Crippen LogP) is 3.35. The van der Waals surface area contributed by atoms with E-state index in [1.807, 2.05) is 24.3 Å². The van der Waals surface area contributed by atoms with Crippen molar-refractivity contribution in [3.63, 3.8) is 0 Å². The SMILES string of the molecule is CCNC(=NCc1ccccc1Cl)NCC1CCN(CC)C1.I. The van der Waals surface area contributed by atoms with Gasteiger partial charge in [0.25, 0.3) is 0 Å². The van der Waals surface area contributed by atoms with Crippen molar-refractivity contribution in [3.05, 3.63) is 34.9 Å². The van der Waals surface area contributed by atoms with Gasteiger partial charge < -0.3 is 15.5 Å². The highest BCUT2D eigenvalue weighted by atomic mass is 127. The fourth-order valence-corrected chi connectivity index (χ4v) is 2.94. The largest absolute Gasteiger partial charge is 0.357 e. The molecule has 1 fully saturated rings. The molecule has 2 N–H and O–H groups in total. The third kappa shape index (κ3) is 6.85. The normalized spacial score (nSPS) is 18.6. The fourth-order valence-electron chi connectivity index (χ4n) is 2.74. The van der Waals surface area contributed by atoms with Gasteiger partial charge in [-0.05, 0) is 44.0 Å². The lowest BCUT2D eigenvalue weighted by atomic mass is 10.1. The summed E-state index contributed by atoms with van der Waals surface area (Å²) in [6, 6.07) is 7.86. The summed E-state index contributed by atoms with van der Waals surface area (Å²) in [7, 11) is 0. The van der Waals surface area contributed by atoms with Crippen LogP contribution >= 0.6 is 35.6 Å². The number of benzene rings is 1. The molecular formula is C17H28ClIN4. The number of hydrogen-bond donors (Lipinski definition) is 2. The standard InChI is InChI=1S/C17H27ClN4.HI/c1-3-19-17(20-11-14-9-10-22(4-2)13-14)21-12-15-7-5-6-8-16(15)18;/h5-8,14H,3-4,9-13H2,1-2H3,(H2,19,20,21);1H. The van der Waals surface area contributed by atoms with E-state index in [1.54, 1.807) is 0 Å². The maximum Gasteiger partial charge on any atom is 0.191 e. The molecule has 0 bridgehead atoms. The molecule has 23 heavy (non-hydrogen) atoms. The van der Waals surface area contributed by atoms with Gasteiger partial charge in [-0.15, -0.1) is 24.0 Å². The molecule has 4 nitrogen and oxygen atoms in total. The van der Waals surface area contributed by atoms with Crippen LogP contribution in [0.15, 0.2) is 29.3 Å². The van der Waals surface area contributed by atoms with Crippen LogP contribution in [0, 0.1) is 5.92 Å². The molecule has 1 aromatic rings. The molecule has 6 heteroatoms. The molecule has 1 atom stereocenters. The molecule has 1 unspecified atom stereocenters. The van der Waals surface area contributed by atoms with Gasteiger partial charge in [-0.3, -0.25) is 0 Å². The van der Waals surface area contributed by atoms with Crippen molar-refractivity contribution >= 4 is 41.5 Å². The molecule has 1 aromatic carbocycles. The summed E-state index contributed by atoms with van der Waals surface area (Å²) < 4.78 is 0. The lowest BCUT2D eigenvalue weighted by molar-refractivity contribution is 0.342. The van der Waals surface area contributed by atoms with Crippen molar-refractivity contribution in [3.8, 4) is 0 Å². The summed E-state index contributed by atoms with van der Waals surface area (Å²) in [5, 5.41) is 7.54. The monoisotopic (exact) mass is 450 g/mol. The van der Waals surface area contributed by atoms with Gasteiger partial charge in [0.05, 0.1) is 6.54 Å². The number of guanidine groups is 1. The van der Waals surface area contributed by atoms with Crippen LogP contribution in [0.5, 0.6) is 0 Å². The molecule has 0 radical (unpaired) electrons. The maximum absolute atomic E-state index is 6.18. The van der Waals surface area contributed by atoms with Gasteiger partial charge in [-0.25, -0.2) is 4.99 Å². The highest BCUT2D eigenvalue weighted by Gasteiger charge is 2.20. The van der Waals surface area contributed by atoms with Crippen LogP contribution < -0.4 is 10.6 Å². The minimum absolute atomic E-state index is 0. The molecule has 1 aliphatic rings. The second-order valence-corrected chi connectivity index (χ2v) is 6.12. The van der Waals surface area contributed by atoms with Crippen LogP contribution in [0.4, 0.5) is 0 Å². The van der Waals surface area contributed by atoms with Gasteiger partial charge >= 0.3 is 0 Å². The Kier molecular flexibility index (Phi) is 9.90. The molecule has 130 valence electrons. The van der Waals surface area contributed by atoms with Crippen molar-refractivity contribution < 1.29 is 0 Å². The van der Waals surface area contributed by atoms with Crippen molar-refractivity contribution in [2.45, 2.75) is 26.8 Å². The predicted molar refractivity (Wildman–Crippen MR) is 110 cm³/mol. The Morgan fingerprint density at radius 1 is 1.30 bits per heavy atom. The summed E-state index contributed by atoms with van der Waals surface area (Å²) in [4.78, 5) is 7.14. The zero-order valence-corrected chi connectivity index (χ0v) is 17.1. The Balaban J connectivity index is 0.00000264. The van der Waals surface area contributed by atoms with E-state index in [0.29, 0.717) is 12.5 Å². The van der Waals surface area contributed by atoms with Crippen LogP contribution in [-0.2, 0) is 6.54 Å². The average Bonchev–Trinajstić information content (AvgIpc) is 2.99. The first-order valence-corrected chi connectivity index (χ1v) is 8.58. The van der Waals surface area contributed by atoms with E-state index in [-0.39, 0.29) is 24.0 Å². The first kappa shape index (κ1) is 20.5. The molecule has 1 heterocycles. The van der Waals surface area contributed by atoms with Crippen LogP contribution in [0.3, 0.4) is 0 Å². The summed E-state index contributed by atoms with van der Waals surface area (Å²) in [6.07, 6.45) is 1.27. The van der Waals surface area contributed by atoms with E-state index in [9.17, 15) is 0 Å². The Morgan fingerprint density at radius 3 is 2.74 bits per heavy atom. The Morgan fingerprint density at radius 2 is 2.09 bits per heavy atom. The van der Waals surface area contributed by atoms with Crippen LogP contribution in [0.1, 0.15) is 25.8 Å². The van der Waals surface area contributed by atoms with E-state index < -0.39 is 0 Å². The highest BCUT2D eigenvalue weighted by molar-refractivity contribution is 14.0. The van der Waals surface area contributed by atoms with E-state index in [0.717, 1.165) is 36.2 Å². The molecular weight excluding hydrogens is 423 g/mol. The summed E-state index contributed by atoms with van der Waals surface area (Å²) >= 11 is 6.18. The molecule has 0 aromatic heterocycles. The van der Waals surface area contributed by atoms with Crippen molar-refractivity contribution in [2.75, 3.05) is 32.7 Å². The quantitative estimate of drug-likeness (QED) is 0.397. The number of halogens is 2. The fraction of sp³-hybridized carbons (Fsp3) is 0.588. The smallest absolute Gasteiger partial charge is 0.191 e. The van der Waals surface area contributed by atoms with Gasteiger partial charge in [0.1, 0.15) is 0 Å². The first-order chi connectivity index (χ1) is 10.7. The van der Waals surface area contributed by atoms with Gasteiger partial charge in [0.2, 0.25) is 0 Å². The van der Waals surface area contributed by atoms with E-state index in [4.69, 9.17) is 11.6 Å². The van der Waals surface area contributed by atoms with Gasteiger partial charge in [0, 0.05) is 24.7 Å². The van der Waals surface area contributed by atoms with Crippen molar-refractivity contribution in [1.29, 1.82) is 0 Å². The van der Waals surface area contributed by atoms with Crippen LogP contribution in [0.2, 0.25) is 5.02 Å². The highest BCUT2D eigenvalue weighted by Crippen LogP contribution is 2.16. The number of nitrogens with zero attached hydrogens (tertiary/aromatic N) is 2. The molecule has 2 rings (SSSR count). The molecule has 1 aliphatic heterocycles. The average molecular weight is 451 g/mol. The second kappa shape index (κ2) is 11.1. The van der Waals surface area contributed by atoms with Crippen molar-refractivity contribution in [1.82, 2.24) is 15.5 Å². The topological polar surface area (TPSA) is 39.7 Å². The van der Waals surface area contributed by atoms with E-state index in [1.165, 1.54) is 19.5 Å². The van der Waals surface area contributed by atoms with Crippen molar-refractivity contribution in [2.24, 2.45) is 10.9 Å². The number of aliphatic imine (C=N–C) groups is 1. The maximum atomic E-state index is 6.18.